The summed E-state index contributed by atoms with van der Waals surface area (Å²) in [6.45, 7) is 8.56. The number of piperazine rings is 1. The Balaban J connectivity index is 1.91. The number of nitrogens with zero attached hydrogens (tertiary/aromatic N) is 3. The molecule has 0 atom stereocenters. The van der Waals surface area contributed by atoms with Gasteiger partial charge < -0.3 is 15.0 Å². The maximum absolute atomic E-state index is 13.8. The minimum Gasteiger partial charge on any atom is -0.378 e. The van der Waals surface area contributed by atoms with Crippen molar-refractivity contribution in [1.82, 2.24) is 14.5 Å². The first-order chi connectivity index (χ1) is 14.2. The van der Waals surface area contributed by atoms with E-state index < -0.39 is 21.7 Å². The Morgan fingerprint density at radius 3 is 2.57 bits per heavy atom. The molecule has 10 heteroatoms. The first kappa shape index (κ1) is 24.5. The molecular formula is C20H32F2N4O3S. The van der Waals surface area contributed by atoms with Gasteiger partial charge in [-0.3, -0.25) is 4.99 Å². The van der Waals surface area contributed by atoms with Gasteiger partial charge in [0.15, 0.2) is 5.96 Å². The predicted octanol–water partition coefficient (Wildman–Crippen LogP) is 1.85. The van der Waals surface area contributed by atoms with Gasteiger partial charge in [0.25, 0.3) is 0 Å². The summed E-state index contributed by atoms with van der Waals surface area (Å²) in [5.41, 5.74) is 0.286. The van der Waals surface area contributed by atoms with Crippen molar-refractivity contribution in [3.63, 3.8) is 0 Å². The molecule has 0 aliphatic carbocycles. The third-order valence-corrected chi connectivity index (χ3v) is 6.54. The quantitative estimate of drug-likeness (QED) is 0.463. The van der Waals surface area contributed by atoms with Crippen molar-refractivity contribution >= 4 is 16.0 Å². The second-order valence-electron chi connectivity index (χ2n) is 7.34. The second-order valence-corrected chi connectivity index (χ2v) is 9.43. The Hall–Kier alpha value is -1.78. The van der Waals surface area contributed by atoms with E-state index in [-0.39, 0.29) is 30.4 Å². The molecule has 0 unspecified atom stereocenters. The Morgan fingerprint density at radius 2 is 1.93 bits per heavy atom. The predicted molar refractivity (Wildman–Crippen MR) is 114 cm³/mol. The summed E-state index contributed by atoms with van der Waals surface area (Å²) in [7, 11) is -3.36. The first-order valence-corrected chi connectivity index (χ1v) is 11.9. The highest BCUT2D eigenvalue weighted by Gasteiger charge is 2.28. The van der Waals surface area contributed by atoms with Gasteiger partial charge in [-0.05, 0) is 51.0 Å². The van der Waals surface area contributed by atoms with Gasteiger partial charge in [-0.1, -0.05) is 0 Å². The molecule has 1 heterocycles. The molecule has 1 fully saturated rings. The Labute approximate surface area is 178 Å². The van der Waals surface area contributed by atoms with Crippen LogP contribution < -0.4 is 5.32 Å². The monoisotopic (exact) mass is 446 g/mol. The van der Waals surface area contributed by atoms with E-state index in [9.17, 15) is 17.2 Å². The molecule has 0 aromatic heterocycles. The largest absolute Gasteiger partial charge is 0.378 e. The molecule has 0 amide bonds. The summed E-state index contributed by atoms with van der Waals surface area (Å²) >= 11 is 0. The topological polar surface area (TPSA) is 74.2 Å². The van der Waals surface area contributed by atoms with E-state index in [0.717, 1.165) is 12.1 Å². The number of nitrogens with one attached hydrogen (secondary N) is 1. The first-order valence-electron chi connectivity index (χ1n) is 10.3. The molecule has 30 heavy (non-hydrogen) atoms. The Bertz CT molecular complexity index is 810. The third kappa shape index (κ3) is 7.48. The van der Waals surface area contributed by atoms with Crippen LogP contribution in [0.3, 0.4) is 0 Å². The Kier molecular flexibility index (Phi) is 9.44. The highest BCUT2D eigenvalue weighted by molar-refractivity contribution is 7.89. The van der Waals surface area contributed by atoms with Crippen LogP contribution in [-0.2, 0) is 21.2 Å². The van der Waals surface area contributed by atoms with Crippen molar-refractivity contribution < 1.29 is 21.9 Å². The lowest BCUT2D eigenvalue weighted by Gasteiger charge is -2.36. The molecule has 0 bridgehead atoms. The van der Waals surface area contributed by atoms with Gasteiger partial charge in [0.05, 0.1) is 18.5 Å². The van der Waals surface area contributed by atoms with Crippen molar-refractivity contribution in [2.24, 2.45) is 4.99 Å². The van der Waals surface area contributed by atoms with Crippen molar-refractivity contribution in [2.75, 3.05) is 51.6 Å². The van der Waals surface area contributed by atoms with Crippen LogP contribution in [0, 0.1) is 11.6 Å². The summed E-state index contributed by atoms with van der Waals surface area (Å²) in [6.07, 6.45) is 0.277. The van der Waals surface area contributed by atoms with Gasteiger partial charge >= 0.3 is 0 Å². The lowest BCUT2D eigenvalue weighted by atomic mass is 10.1. The lowest BCUT2D eigenvalue weighted by molar-refractivity contribution is 0.0904. The number of hydrogen-bond donors (Lipinski definition) is 1. The number of benzene rings is 1. The smallest absolute Gasteiger partial charge is 0.216 e. The minimum absolute atomic E-state index is 0.00297. The molecule has 1 aliphatic rings. The van der Waals surface area contributed by atoms with Crippen LogP contribution in [0.15, 0.2) is 23.2 Å². The molecule has 2 rings (SSSR count). The van der Waals surface area contributed by atoms with E-state index in [1.165, 1.54) is 10.4 Å². The standard InChI is InChI=1S/C20H32F2N4O3S/c1-4-23-20(24-8-7-17-15-18(21)5-6-19(17)22)25-9-11-26(12-10-25)30(27,28)14-13-29-16(2)3/h5-6,15-16H,4,7-14H2,1-3H3,(H,23,24). The van der Waals surface area contributed by atoms with E-state index in [1.807, 2.05) is 25.7 Å². The van der Waals surface area contributed by atoms with Crippen LogP contribution in [0.5, 0.6) is 0 Å². The minimum atomic E-state index is -3.36. The molecule has 1 aliphatic heterocycles. The van der Waals surface area contributed by atoms with E-state index >= 15 is 0 Å². The van der Waals surface area contributed by atoms with Crippen molar-refractivity contribution in [2.45, 2.75) is 33.3 Å². The molecule has 1 saturated heterocycles. The number of ether oxygens (including phenoxy) is 1. The average Bonchev–Trinajstić information content (AvgIpc) is 2.69. The van der Waals surface area contributed by atoms with Gasteiger partial charge in [0.2, 0.25) is 10.0 Å². The van der Waals surface area contributed by atoms with Crippen LogP contribution in [0.4, 0.5) is 8.78 Å². The number of guanidine groups is 1. The summed E-state index contributed by atoms with van der Waals surface area (Å²) in [5, 5.41) is 3.19. The van der Waals surface area contributed by atoms with Gasteiger partial charge in [-0.2, -0.15) is 4.31 Å². The molecule has 1 aromatic rings. The number of sulfonamides is 1. The highest BCUT2D eigenvalue weighted by Crippen LogP contribution is 2.12. The molecule has 7 nitrogen and oxygen atoms in total. The zero-order valence-corrected chi connectivity index (χ0v) is 18.7. The fourth-order valence-electron chi connectivity index (χ4n) is 3.14. The molecule has 0 radical (unpaired) electrons. The van der Waals surface area contributed by atoms with E-state index in [1.54, 1.807) is 0 Å². The van der Waals surface area contributed by atoms with E-state index in [4.69, 9.17) is 4.74 Å². The average molecular weight is 447 g/mol. The third-order valence-electron chi connectivity index (χ3n) is 4.71. The van der Waals surface area contributed by atoms with E-state index in [2.05, 4.69) is 10.3 Å². The number of halogens is 2. The van der Waals surface area contributed by atoms with Crippen LogP contribution in [0.25, 0.3) is 0 Å². The molecule has 0 saturated carbocycles. The van der Waals surface area contributed by atoms with Gasteiger partial charge in [0.1, 0.15) is 11.6 Å². The zero-order valence-electron chi connectivity index (χ0n) is 17.9. The number of aliphatic imine (C=N–C) groups is 1. The second kappa shape index (κ2) is 11.6. The van der Waals surface area contributed by atoms with Crippen LogP contribution in [0.1, 0.15) is 26.3 Å². The number of rotatable bonds is 9. The maximum Gasteiger partial charge on any atom is 0.216 e. The summed E-state index contributed by atoms with van der Waals surface area (Å²) in [6, 6.07) is 3.39. The summed E-state index contributed by atoms with van der Waals surface area (Å²) < 4.78 is 58.9. The van der Waals surface area contributed by atoms with Crippen LogP contribution in [-0.4, -0.2) is 81.3 Å². The van der Waals surface area contributed by atoms with Gasteiger partial charge in [-0.25, -0.2) is 17.2 Å². The molecular weight excluding hydrogens is 414 g/mol. The fourth-order valence-corrected chi connectivity index (χ4v) is 4.42. The molecule has 1 N–H and O–H groups in total. The lowest BCUT2D eigenvalue weighted by Crippen LogP contribution is -2.54. The SMILES string of the molecule is CCNC(=NCCc1cc(F)ccc1F)N1CCN(S(=O)(=O)CCOC(C)C)CC1. The maximum atomic E-state index is 13.8. The summed E-state index contributed by atoms with van der Waals surface area (Å²) in [4.78, 5) is 6.50. The van der Waals surface area contributed by atoms with Crippen molar-refractivity contribution in [1.29, 1.82) is 0 Å². The van der Waals surface area contributed by atoms with Crippen LogP contribution in [0.2, 0.25) is 0 Å². The fraction of sp³-hybridized carbons (Fsp3) is 0.650. The molecule has 1 aromatic carbocycles. The molecule has 170 valence electrons. The normalized spacial score (nSPS) is 16.3. The van der Waals surface area contributed by atoms with Crippen LogP contribution >= 0.6 is 0 Å². The van der Waals surface area contributed by atoms with Crippen molar-refractivity contribution in [3.05, 3.63) is 35.4 Å². The van der Waals surface area contributed by atoms with Crippen molar-refractivity contribution in [3.8, 4) is 0 Å². The number of hydrogen-bond acceptors (Lipinski definition) is 4. The van der Waals surface area contributed by atoms with Gasteiger partial charge in [0, 0.05) is 39.3 Å². The summed E-state index contributed by atoms with van der Waals surface area (Å²) in [5.74, 6) is -0.303. The Morgan fingerprint density at radius 1 is 1.23 bits per heavy atom. The van der Waals surface area contributed by atoms with E-state index in [0.29, 0.717) is 45.2 Å². The van der Waals surface area contributed by atoms with Gasteiger partial charge in [-0.15, -0.1) is 0 Å². The molecule has 0 spiro atoms. The highest BCUT2D eigenvalue weighted by atomic mass is 32.2. The zero-order chi connectivity index (χ0) is 22.1.